The molecule has 0 atom stereocenters. The van der Waals surface area contributed by atoms with Crippen LogP contribution in [0, 0.1) is 0 Å². The first-order valence-electron chi connectivity index (χ1n) is 5.36. The summed E-state index contributed by atoms with van der Waals surface area (Å²) in [4.78, 5) is 26.4. The van der Waals surface area contributed by atoms with E-state index in [0.717, 1.165) is 0 Å². The lowest BCUT2D eigenvalue weighted by Crippen LogP contribution is -2.27. The number of halogens is 1. The van der Waals surface area contributed by atoms with E-state index in [2.05, 4.69) is 10.3 Å². The highest BCUT2D eigenvalue weighted by molar-refractivity contribution is 6.17. The summed E-state index contributed by atoms with van der Waals surface area (Å²) in [6, 6.07) is 1.54. The molecule has 0 unspecified atom stereocenters. The molecular weight excluding hydrogens is 256 g/mol. The summed E-state index contributed by atoms with van der Waals surface area (Å²) in [6.07, 6.45) is 1.34. The van der Waals surface area contributed by atoms with Gasteiger partial charge in [0.05, 0.1) is 22.8 Å². The van der Waals surface area contributed by atoms with Crippen LogP contribution in [0.2, 0.25) is 0 Å². The summed E-state index contributed by atoms with van der Waals surface area (Å²) in [5.74, 6) is 0.197. The average Bonchev–Trinajstić information content (AvgIpc) is 2.26. The number of hydrogen-bond donors (Lipinski definition) is 1. The molecule has 0 spiro atoms. The molecule has 1 N–H and O–H groups in total. The number of rotatable bonds is 3. The molecule has 0 saturated heterocycles. The third kappa shape index (κ3) is 4.33. The molecule has 1 aromatic heterocycles. The molecule has 0 aliphatic carbocycles. The van der Waals surface area contributed by atoms with Crippen molar-refractivity contribution in [3.05, 3.63) is 23.5 Å². The van der Waals surface area contributed by atoms with Crippen LogP contribution in [0.4, 0.5) is 10.5 Å². The number of aromatic nitrogens is 1. The molecule has 1 aromatic rings. The van der Waals surface area contributed by atoms with E-state index >= 15 is 0 Å². The molecule has 0 fully saturated rings. The van der Waals surface area contributed by atoms with E-state index in [1.54, 1.807) is 26.8 Å². The first kappa shape index (κ1) is 14.4. The van der Waals surface area contributed by atoms with Gasteiger partial charge in [-0.25, -0.2) is 4.79 Å². The Bertz CT molecular complexity index is 455. The van der Waals surface area contributed by atoms with Crippen molar-refractivity contribution in [1.29, 1.82) is 0 Å². The SMILES string of the molecule is CC(C)(C)OC(=O)Nc1cc(CCl)ncc1C=O. The molecule has 18 heavy (non-hydrogen) atoms. The molecule has 0 radical (unpaired) electrons. The fourth-order valence-corrected chi connectivity index (χ4v) is 1.34. The lowest BCUT2D eigenvalue weighted by molar-refractivity contribution is 0.0636. The summed E-state index contributed by atoms with van der Waals surface area (Å²) in [7, 11) is 0. The number of carbonyl (C=O) groups excluding carboxylic acids is 2. The highest BCUT2D eigenvalue weighted by atomic mass is 35.5. The molecule has 6 heteroatoms. The van der Waals surface area contributed by atoms with Crippen LogP contribution >= 0.6 is 11.6 Å². The quantitative estimate of drug-likeness (QED) is 0.677. The summed E-state index contributed by atoms with van der Waals surface area (Å²) in [5, 5.41) is 2.50. The van der Waals surface area contributed by atoms with Gasteiger partial charge in [-0.2, -0.15) is 0 Å². The molecule has 5 nitrogen and oxygen atoms in total. The number of alkyl halides is 1. The minimum atomic E-state index is -0.627. The molecule has 0 aliphatic rings. The maximum absolute atomic E-state index is 11.6. The Kier molecular flexibility index (Phi) is 4.67. The number of carbonyl (C=O) groups is 2. The predicted octanol–water partition coefficient (Wildman–Crippen LogP) is 2.98. The van der Waals surface area contributed by atoms with Crippen LogP contribution in [-0.4, -0.2) is 23.0 Å². The van der Waals surface area contributed by atoms with Gasteiger partial charge < -0.3 is 4.74 Å². The van der Waals surface area contributed by atoms with Crippen LogP contribution in [0.15, 0.2) is 12.3 Å². The Morgan fingerprint density at radius 3 is 2.72 bits per heavy atom. The number of anilines is 1. The number of pyridine rings is 1. The van der Waals surface area contributed by atoms with Crippen molar-refractivity contribution in [2.75, 3.05) is 5.32 Å². The second-order valence-corrected chi connectivity index (χ2v) is 4.91. The van der Waals surface area contributed by atoms with E-state index < -0.39 is 11.7 Å². The second kappa shape index (κ2) is 5.82. The minimum absolute atomic E-state index is 0.197. The first-order valence-corrected chi connectivity index (χ1v) is 5.89. The van der Waals surface area contributed by atoms with E-state index in [-0.39, 0.29) is 11.4 Å². The van der Waals surface area contributed by atoms with E-state index in [1.165, 1.54) is 6.20 Å². The Hall–Kier alpha value is -1.62. The third-order valence-electron chi connectivity index (χ3n) is 1.89. The van der Waals surface area contributed by atoms with Crippen LogP contribution in [0.1, 0.15) is 36.8 Å². The molecule has 1 amide bonds. The van der Waals surface area contributed by atoms with Gasteiger partial charge in [-0.15, -0.1) is 11.6 Å². The topological polar surface area (TPSA) is 68.3 Å². The maximum Gasteiger partial charge on any atom is 0.412 e. The molecule has 1 heterocycles. The van der Waals surface area contributed by atoms with Crippen molar-refractivity contribution in [2.45, 2.75) is 32.3 Å². The summed E-state index contributed by atoms with van der Waals surface area (Å²) in [6.45, 7) is 5.26. The van der Waals surface area contributed by atoms with Crippen molar-refractivity contribution in [1.82, 2.24) is 4.98 Å². The highest BCUT2D eigenvalue weighted by Gasteiger charge is 2.17. The van der Waals surface area contributed by atoms with Crippen molar-refractivity contribution in [3.8, 4) is 0 Å². The maximum atomic E-state index is 11.6. The van der Waals surface area contributed by atoms with Gasteiger partial charge in [0, 0.05) is 6.20 Å². The third-order valence-corrected chi connectivity index (χ3v) is 2.16. The lowest BCUT2D eigenvalue weighted by Gasteiger charge is -2.20. The first-order chi connectivity index (χ1) is 8.35. The largest absolute Gasteiger partial charge is 0.444 e. The Morgan fingerprint density at radius 2 is 2.22 bits per heavy atom. The fourth-order valence-electron chi connectivity index (χ4n) is 1.20. The summed E-state index contributed by atoms with van der Waals surface area (Å²) < 4.78 is 5.10. The van der Waals surface area contributed by atoms with E-state index in [9.17, 15) is 9.59 Å². The summed E-state index contributed by atoms with van der Waals surface area (Å²) in [5.41, 5.74) is 0.571. The molecule has 0 bridgehead atoms. The summed E-state index contributed by atoms with van der Waals surface area (Å²) >= 11 is 5.64. The number of nitrogens with one attached hydrogen (secondary N) is 1. The second-order valence-electron chi connectivity index (χ2n) is 4.64. The molecule has 0 aromatic carbocycles. The zero-order chi connectivity index (χ0) is 13.8. The van der Waals surface area contributed by atoms with Gasteiger partial charge >= 0.3 is 6.09 Å². The Balaban J connectivity index is 2.88. The van der Waals surface area contributed by atoms with Gasteiger partial charge in [0.25, 0.3) is 0 Å². The van der Waals surface area contributed by atoms with Crippen LogP contribution < -0.4 is 5.32 Å². The van der Waals surface area contributed by atoms with E-state index in [4.69, 9.17) is 16.3 Å². The number of amides is 1. The highest BCUT2D eigenvalue weighted by Crippen LogP contribution is 2.17. The van der Waals surface area contributed by atoms with Crippen LogP contribution in [0.5, 0.6) is 0 Å². The Labute approximate surface area is 110 Å². The van der Waals surface area contributed by atoms with Crippen molar-refractivity contribution < 1.29 is 14.3 Å². The monoisotopic (exact) mass is 270 g/mol. The standard InChI is InChI=1S/C12H15ClN2O3/c1-12(2,3)18-11(17)15-10-4-9(5-13)14-6-8(10)7-16/h4,6-7H,5H2,1-3H3,(H,14,15,17). The zero-order valence-corrected chi connectivity index (χ0v) is 11.2. The van der Waals surface area contributed by atoms with Crippen LogP contribution in [-0.2, 0) is 10.6 Å². The van der Waals surface area contributed by atoms with Crippen LogP contribution in [0.25, 0.3) is 0 Å². The van der Waals surface area contributed by atoms with Gasteiger partial charge in [-0.3, -0.25) is 15.1 Å². The predicted molar refractivity (Wildman–Crippen MR) is 69.0 cm³/mol. The molecular formula is C12H15ClN2O3. The fraction of sp³-hybridized carbons (Fsp3) is 0.417. The van der Waals surface area contributed by atoms with Crippen molar-refractivity contribution in [2.24, 2.45) is 0 Å². The van der Waals surface area contributed by atoms with Gasteiger partial charge in [-0.05, 0) is 26.8 Å². The van der Waals surface area contributed by atoms with E-state index in [1.807, 2.05) is 0 Å². The molecule has 0 aliphatic heterocycles. The minimum Gasteiger partial charge on any atom is -0.444 e. The van der Waals surface area contributed by atoms with Gasteiger partial charge in [0.1, 0.15) is 5.60 Å². The number of hydrogen-bond acceptors (Lipinski definition) is 4. The normalized spacial score (nSPS) is 10.9. The van der Waals surface area contributed by atoms with E-state index in [0.29, 0.717) is 17.7 Å². The van der Waals surface area contributed by atoms with Gasteiger partial charge in [0.2, 0.25) is 0 Å². The smallest absolute Gasteiger partial charge is 0.412 e. The van der Waals surface area contributed by atoms with Crippen molar-refractivity contribution in [3.63, 3.8) is 0 Å². The van der Waals surface area contributed by atoms with Crippen molar-refractivity contribution >= 4 is 29.7 Å². The van der Waals surface area contributed by atoms with Crippen LogP contribution in [0.3, 0.4) is 0 Å². The van der Waals surface area contributed by atoms with Gasteiger partial charge in [-0.1, -0.05) is 0 Å². The molecule has 1 rings (SSSR count). The number of aldehydes is 1. The Morgan fingerprint density at radius 1 is 1.56 bits per heavy atom. The zero-order valence-electron chi connectivity index (χ0n) is 10.5. The number of ether oxygens (including phenoxy) is 1. The molecule has 98 valence electrons. The van der Waals surface area contributed by atoms with Gasteiger partial charge in [0.15, 0.2) is 6.29 Å². The lowest BCUT2D eigenvalue weighted by atomic mass is 10.2. The molecule has 0 saturated carbocycles. The average molecular weight is 271 g/mol. The number of nitrogens with zero attached hydrogens (tertiary/aromatic N) is 1.